The van der Waals surface area contributed by atoms with E-state index in [1.54, 1.807) is 6.07 Å². The molecule has 4 heterocycles. The van der Waals surface area contributed by atoms with Gasteiger partial charge in [0.25, 0.3) is 11.8 Å². The highest BCUT2D eigenvalue weighted by atomic mass is 32.2. The number of rotatable bonds is 24. The number of nitrogens with zero attached hydrogens (tertiary/aromatic N) is 4. The number of ether oxygens (including phenoxy) is 4. The van der Waals surface area contributed by atoms with Crippen LogP contribution in [0.1, 0.15) is 52.8 Å². The van der Waals surface area contributed by atoms with Crippen LogP contribution in [0.4, 0.5) is 10.5 Å². The summed E-state index contributed by atoms with van der Waals surface area (Å²) in [6, 6.07) is 9.81. The number of unbranched alkanes of at least 4 members (excludes halogenated alkanes) is 1. The molecule has 6 amide bonds. The number of nitrogens with one attached hydrogen (secondary N) is 3. The normalized spacial score (nSPS) is 20.2. The quantitative estimate of drug-likeness (QED) is 0.0801. The number of urea groups is 1. The number of amides is 6. The number of piperazine rings is 1. The van der Waals surface area contributed by atoms with Gasteiger partial charge in [0.15, 0.2) is 0 Å². The molecular weight excluding hydrogens is 767 g/mol. The van der Waals surface area contributed by atoms with Crippen LogP contribution in [0.3, 0.4) is 0 Å². The number of benzene rings is 2. The van der Waals surface area contributed by atoms with Crippen LogP contribution >= 0.6 is 11.8 Å². The molecule has 0 spiro atoms. The Morgan fingerprint density at radius 2 is 1.48 bits per heavy atom. The minimum Gasteiger partial charge on any atom is -0.379 e. The van der Waals surface area contributed by atoms with Gasteiger partial charge in [0, 0.05) is 90.8 Å². The fraction of sp³-hybridized carbons (Fsp3) is 0.634. The lowest BCUT2D eigenvalue weighted by atomic mass is 9.92. The van der Waals surface area contributed by atoms with E-state index in [-0.39, 0.29) is 41.7 Å². The Hall–Kier alpha value is -4.00. The molecule has 17 heteroatoms. The van der Waals surface area contributed by atoms with Crippen LogP contribution < -0.4 is 20.9 Å². The second-order valence-corrected chi connectivity index (χ2v) is 16.5. The molecule has 4 aliphatic heterocycles. The minimum absolute atomic E-state index is 0.0288. The van der Waals surface area contributed by atoms with Crippen molar-refractivity contribution in [3.8, 4) is 0 Å². The first-order valence-electron chi connectivity index (χ1n) is 20.6. The van der Waals surface area contributed by atoms with E-state index in [1.807, 2.05) is 59.9 Å². The molecule has 6 rings (SSSR count). The van der Waals surface area contributed by atoms with Crippen molar-refractivity contribution in [1.29, 1.82) is 0 Å². The van der Waals surface area contributed by atoms with Gasteiger partial charge in [0.2, 0.25) is 11.8 Å². The molecule has 0 saturated carbocycles. The zero-order valence-electron chi connectivity index (χ0n) is 33.8. The molecule has 4 aliphatic rings. The van der Waals surface area contributed by atoms with Gasteiger partial charge in [-0.15, -0.1) is 0 Å². The van der Waals surface area contributed by atoms with Gasteiger partial charge in [-0.05, 0) is 45.1 Å². The van der Waals surface area contributed by atoms with Gasteiger partial charge in [0.05, 0.1) is 71.4 Å². The molecule has 3 saturated heterocycles. The van der Waals surface area contributed by atoms with Crippen LogP contribution in [0.5, 0.6) is 0 Å². The van der Waals surface area contributed by atoms with Gasteiger partial charge in [-0.3, -0.25) is 24.1 Å². The summed E-state index contributed by atoms with van der Waals surface area (Å²) in [4.78, 5) is 70.6. The number of thioether (sulfide) groups is 1. The fourth-order valence-corrected chi connectivity index (χ4v) is 9.35. The summed E-state index contributed by atoms with van der Waals surface area (Å²) in [6.07, 6.45) is 3.58. The third-order valence-electron chi connectivity index (χ3n) is 10.9. The molecule has 3 N–H and O–H groups in total. The molecule has 0 aliphatic carbocycles. The Morgan fingerprint density at radius 1 is 0.810 bits per heavy atom. The molecular formula is C41H59N7O9S. The Labute approximate surface area is 344 Å². The van der Waals surface area contributed by atoms with Crippen molar-refractivity contribution in [1.82, 2.24) is 30.7 Å². The summed E-state index contributed by atoms with van der Waals surface area (Å²) in [6.45, 7) is 7.10. The molecule has 3 fully saturated rings. The Balaban J connectivity index is 0.742. The van der Waals surface area contributed by atoms with E-state index in [9.17, 15) is 24.0 Å². The van der Waals surface area contributed by atoms with E-state index in [2.05, 4.69) is 20.9 Å². The van der Waals surface area contributed by atoms with Crippen LogP contribution in [-0.4, -0.2) is 180 Å². The number of hydrogen-bond acceptors (Lipinski definition) is 12. The maximum atomic E-state index is 13.3. The van der Waals surface area contributed by atoms with Crippen LogP contribution in [-0.2, 0) is 28.5 Å². The van der Waals surface area contributed by atoms with Gasteiger partial charge in [-0.25, -0.2) is 4.79 Å². The molecule has 0 bridgehead atoms. The monoisotopic (exact) mass is 825 g/mol. The van der Waals surface area contributed by atoms with E-state index in [0.717, 1.165) is 36.1 Å². The van der Waals surface area contributed by atoms with E-state index in [1.165, 1.54) is 4.90 Å². The van der Waals surface area contributed by atoms with Crippen molar-refractivity contribution in [3.05, 3.63) is 41.5 Å². The first-order valence-corrected chi connectivity index (χ1v) is 21.6. The predicted octanol–water partition coefficient (Wildman–Crippen LogP) is 1.94. The minimum atomic E-state index is -0.258. The van der Waals surface area contributed by atoms with E-state index in [0.29, 0.717) is 133 Å². The van der Waals surface area contributed by atoms with Crippen LogP contribution in [0.2, 0.25) is 0 Å². The van der Waals surface area contributed by atoms with Gasteiger partial charge in [-0.1, -0.05) is 18.6 Å². The lowest BCUT2D eigenvalue weighted by Crippen LogP contribution is -2.49. The molecule has 2 aromatic carbocycles. The van der Waals surface area contributed by atoms with E-state index < -0.39 is 0 Å². The SMILES string of the molecule is CN(C)CCN1C(=O)c2cccc3c(N4CCN(C(=O)CCOCCOCCOCCOCCNC(=O)CCCCC5SCC6NC(=O)NC65)CC4)ccc(c23)C1=O. The maximum Gasteiger partial charge on any atom is 0.315 e. The lowest BCUT2D eigenvalue weighted by Gasteiger charge is -2.37. The first-order chi connectivity index (χ1) is 28.2. The second kappa shape index (κ2) is 21.8. The summed E-state index contributed by atoms with van der Waals surface area (Å²) < 4.78 is 22.3. The summed E-state index contributed by atoms with van der Waals surface area (Å²) in [5, 5.41) is 10.9. The largest absolute Gasteiger partial charge is 0.379 e. The zero-order chi connectivity index (χ0) is 40.9. The Morgan fingerprint density at radius 3 is 2.19 bits per heavy atom. The van der Waals surface area contributed by atoms with Crippen molar-refractivity contribution in [2.75, 3.05) is 123 Å². The molecule has 58 heavy (non-hydrogen) atoms. The highest BCUT2D eigenvalue weighted by Crippen LogP contribution is 2.36. The summed E-state index contributed by atoms with van der Waals surface area (Å²) >= 11 is 1.89. The van der Waals surface area contributed by atoms with Gasteiger partial charge in [-0.2, -0.15) is 11.8 Å². The summed E-state index contributed by atoms with van der Waals surface area (Å²) in [5.41, 5.74) is 2.06. The number of fused-ring (bicyclic) bond motifs is 1. The van der Waals surface area contributed by atoms with E-state index in [4.69, 9.17) is 18.9 Å². The fourth-order valence-electron chi connectivity index (χ4n) is 7.81. The third-order valence-corrected chi connectivity index (χ3v) is 12.4. The molecule has 318 valence electrons. The topological polar surface area (TPSA) is 171 Å². The summed E-state index contributed by atoms with van der Waals surface area (Å²) in [7, 11) is 3.83. The van der Waals surface area contributed by atoms with Crippen molar-refractivity contribution in [2.24, 2.45) is 0 Å². The predicted molar refractivity (Wildman–Crippen MR) is 222 cm³/mol. The zero-order valence-corrected chi connectivity index (χ0v) is 34.7. The number of carbonyl (C=O) groups excluding carboxylic acids is 5. The summed E-state index contributed by atoms with van der Waals surface area (Å²) in [5.74, 6) is 0.510. The van der Waals surface area contributed by atoms with Crippen LogP contribution in [0.15, 0.2) is 30.3 Å². The lowest BCUT2D eigenvalue weighted by molar-refractivity contribution is -0.132. The standard InChI is InChI=1S/C41H59N7O9S/c1-45(2)14-19-48-39(51)30-7-5-6-29-33(11-10-31(37(29)30)40(48)52)46-15-17-47(18-16-46)36(50)12-20-54-22-24-56-26-27-57-25-23-55-21-13-42-35(49)9-4-3-8-34-38-32(28-58-34)43-41(53)44-38/h5-7,10-11,32,34,38H,3-4,8-9,12-28H2,1-2H3,(H,42,49)(H2,43,44,53). The van der Waals surface area contributed by atoms with Gasteiger partial charge in [0.1, 0.15) is 0 Å². The number of imide groups is 1. The number of anilines is 1. The van der Waals surface area contributed by atoms with Crippen molar-refractivity contribution in [3.63, 3.8) is 0 Å². The molecule has 3 unspecified atom stereocenters. The van der Waals surface area contributed by atoms with Crippen molar-refractivity contribution >= 4 is 57.9 Å². The van der Waals surface area contributed by atoms with Gasteiger partial charge < -0.3 is 49.6 Å². The molecule has 2 aromatic rings. The number of carbonyl (C=O) groups is 5. The third kappa shape index (κ3) is 11.6. The molecule has 16 nitrogen and oxygen atoms in total. The highest BCUT2D eigenvalue weighted by molar-refractivity contribution is 8.00. The average molecular weight is 826 g/mol. The van der Waals surface area contributed by atoms with Crippen LogP contribution in [0.25, 0.3) is 10.8 Å². The van der Waals surface area contributed by atoms with Crippen molar-refractivity contribution in [2.45, 2.75) is 49.4 Å². The average Bonchev–Trinajstić information content (AvgIpc) is 3.78. The molecule has 0 aromatic heterocycles. The maximum absolute atomic E-state index is 13.3. The Bertz CT molecular complexity index is 1720. The molecule has 0 radical (unpaired) electrons. The number of likely N-dealkylation sites (N-methyl/N-ethyl adjacent to an activating group) is 1. The van der Waals surface area contributed by atoms with Crippen molar-refractivity contribution < 1.29 is 42.9 Å². The smallest absolute Gasteiger partial charge is 0.315 e. The first kappa shape index (κ1) is 43.6. The van der Waals surface area contributed by atoms with Crippen LogP contribution in [0, 0.1) is 0 Å². The van der Waals surface area contributed by atoms with Gasteiger partial charge >= 0.3 is 6.03 Å². The Kier molecular flexibility index (Phi) is 16.4. The molecule has 3 atom stereocenters. The second-order valence-electron chi connectivity index (χ2n) is 15.2. The van der Waals surface area contributed by atoms with E-state index >= 15 is 0 Å². The highest BCUT2D eigenvalue weighted by Gasteiger charge is 2.42. The number of hydrogen-bond donors (Lipinski definition) is 3.